The molecular formula is C24H31N5O2. The minimum Gasteiger partial charge on any atom is -0.494 e. The highest BCUT2D eigenvalue weighted by molar-refractivity contribution is 6.14. The van der Waals surface area contributed by atoms with Crippen LogP contribution in [0.2, 0.25) is 0 Å². The van der Waals surface area contributed by atoms with Gasteiger partial charge in [0.25, 0.3) is 0 Å². The van der Waals surface area contributed by atoms with Crippen LogP contribution in [0.5, 0.6) is 5.88 Å². The van der Waals surface area contributed by atoms with Crippen molar-refractivity contribution in [3.05, 3.63) is 41.7 Å². The number of hydrogen-bond acceptors (Lipinski definition) is 5. The molecule has 164 valence electrons. The Morgan fingerprint density at radius 2 is 2.06 bits per heavy atom. The van der Waals surface area contributed by atoms with E-state index in [-0.39, 0.29) is 11.7 Å². The van der Waals surface area contributed by atoms with Crippen molar-refractivity contribution in [2.75, 3.05) is 13.1 Å². The van der Waals surface area contributed by atoms with Crippen molar-refractivity contribution in [3.8, 4) is 5.88 Å². The van der Waals surface area contributed by atoms with E-state index < -0.39 is 0 Å². The summed E-state index contributed by atoms with van der Waals surface area (Å²) in [5.41, 5.74) is 3.59. The smallest absolute Gasteiger partial charge is 0.198 e. The normalized spacial score (nSPS) is 16.5. The molecule has 0 atom stereocenters. The van der Waals surface area contributed by atoms with Crippen LogP contribution in [0.25, 0.3) is 10.9 Å². The monoisotopic (exact) mass is 421 g/mol. The molecule has 0 unspecified atom stereocenters. The minimum atomic E-state index is -0.00619. The molecule has 0 radical (unpaired) electrons. The number of fused-ring (bicyclic) bond motifs is 1. The molecule has 1 aliphatic heterocycles. The topological polar surface area (TPSA) is 86.5 Å². The Hall–Kier alpha value is -2.93. The van der Waals surface area contributed by atoms with Crippen LogP contribution in [0.4, 0.5) is 5.69 Å². The van der Waals surface area contributed by atoms with E-state index in [2.05, 4.69) is 28.8 Å². The molecule has 0 saturated carbocycles. The molecule has 2 aromatic heterocycles. The Balaban J connectivity index is 1.62. The molecule has 1 saturated heterocycles. The molecule has 3 aromatic rings. The number of hydrogen-bond donors (Lipinski definition) is 2. The van der Waals surface area contributed by atoms with Crippen molar-refractivity contribution in [1.82, 2.24) is 19.7 Å². The maximum Gasteiger partial charge on any atom is 0.198 e. The van der Waals surface area contributed by atoms with Gasteiger partial charge in [0.1, 0.15) is 5.69 Å². The van der Waals surface area contributed by atoms with Crippen molar-refractivity contribution >= 4 is 28.1 Å². The van der Waals surface area contributed by atoms with Crippen LogP contribution in [0.1, 0.15) is 68.9 Å². The zero-order valence-corrected chi connectivity index (χ0v) is 18.7. The fourth-order valence-electron chi connectivity index (χ4n) is 4.41. The van der Waals surface area contributed by atoms with Crippen LogP contribution >= 0.6 is 0 Å². The lowest BCUT2D eigenvalue weighted by molar-refractivity contribution is 0.101. The average molecular weight is 422 g/mol. The number of carbonyl (C=O) groups excluding carboxylic acids is 1. The first-order valence-corrected chi connectivity index (χ1v) is 11.1. The van der Waals surface area contributed by atoms with Gasteiger partial charge in [0.2, 0.25) is 0 Å². The molecule has 1 aliphatic rings. The number of aromatic amines is 1. The Morgan fingerprint density at radius 3 is 2.71 bits per heavy atom. The molecule has 31 heavy (non-hydrogen) atoms. The van der Waals surface area contributed by atoms with Crippen LogP contribution in [-0.4, -0.2) is 55.4 Å². The minimum absolute atomic E-state index is 0.00619. The SMILES string of the molecule is CCC(=Nc1cnn(C2CCN(C(C)C)CC2)c1)c1c(O)[nH]c2ccc(C(C)=O)cc12. The van der Waals surface area contributed by atoms with Gasteiger partial charge in [-0.1, -0.05) is 6.92 Å². The van der Waals surface area contributed by atoms with Gasteiger partial charge in [-0.15, -0.1) is 0 Å². The molecule has 3 heterocycles. The number of rotatable bonds is 6. The van der Waals surface area contributed by atoms with E-state index in [1.807, 2.05) is 29.9 Å². The molecule has 1 fully saturated rings. The summed E-state index contributed by atoms with van der Waals surface area (Å²) in [5.74, 6) is 0.0677. The zero-order chi connectivity index (χ0) is 22.1. The highest BCUT2D eigenvalue weighted by Gasteiger charge is 2.23. The van der Waals surface area contributed by atoms with E-state index in [9.17, 15) is 9.90 Å². The predicted molar refractivity (Wildman–Crippen MR) is 124 cm³/mol. The van der Waals surface area contributed by atoms with E-state index in [4.69, 9.17) is 4.99 Å². The van der Waals surface area contributed by atoms with E-state index in [1.165, 1.54) is 0 Å². The number of ketones is 1. The van der Waals surface area contributed by atoms with Gasteiger partial charge in [0.05, 0.1) is 29.7 Å². The van der Waals surface area contributed by atoms with Crippen LogP contribution in [-0.2, 0) is 0 Å². The quantitative estimate of drug-likeness (QED) is 0.440. The molecule has 0 bridgehead atoms. The Kier molecular flexibility index (Phi) is 5.96. The number of benzene rings is 1. The van der Waals surface area contributed by atoms with Crippen LogP contribution < -0.4 is 0 Å². The zero-order valence-electron chi connectivity index (χ0n) is 18.7. The lowest BCUT2D eigenvalue weighted by Crippen LogP contribution is -2.39. The molecule has 7 heteroatoms. The van der Waals surface area contributed by atoms with E-state index >= 15 is 0 Å². The molecule has 0 spiro atoms. The largest absolute Gasteiger partial charge is 0.494 e. The number of aromatic nitrogens is 3. The maximum absolute atomic E-state index is 11.8. The molecular weight excluding hydrogens is 390 g/mol. The Morgan fingerprint density at radius 1 is 1.32 bits per heavy atom. The van der Waals surface area contributed by atoms with Gasteiger partial charge in [0, 0.05) is 35.6 Å². The summed E-state index contributed by atoms with van der Waals surface area (Å²) in [6, 6.07) is 6.38. The summed E-state index contributed by atoms with van der Waals surface area (Å²) in [7, 11) is 0. The van der Waals surface area contributed by atoms with Crippen molar-refractivity contribution in [1.29, 1.82) is 0 Å². The number of nitrogens with zero attached hydrogens (tertiary/aromatic N) is 4. The number of aliphatic imine (C=N–C) groups is 1. The van der Waals surface area contributed by atoms with Crippen molar-refractivity contribution in [2.24, 2.45) is 4.99 Å². The lowest BCUT2D eigenvalue weighted by atomic mass is 10.0. The van der Waals surface area contributed by atoms with Crippen LogP contribution in [0.3, 0.4) is 0 Å². The fourth-order valence-corrected chi connectivity index (χ4v) is 4.41. The second kappa shape index (κ2) is 8.67. The number of Topliss-reactive ketones (excluding diaryl/α,β-unsaturated/α-hetero) is 1. The van der Waals surface area contributed by atoms with Gasteiger partial charge in [-0.2, -0.15) is 5.10 Å². The summed E-state index contributed by atoms with van der Waals surface area (Å²) >= 11 is 0. The van der Waals surface area contributed by atoms with Gasteiger partial charge in [-0.25, -0.2) is 4.99 Å². The van der Waals surface area contributed by atoms with Gasteiger partial charge < -0.3 is 15.0 Å². The van der Waals surface area contributed by atoms with E-state index in [0.717, 1.165) is 48.2 Å². The summed E-state index contributed by atoms with van der Waals surface area (Å²) in [5, 5.41) is 16.0. The number of carbonyl (C=O) groups is 1. The third-order valence-corrected chi connectivity index (χ3v) is 6.26. The summed E-state index contributed by atoms with van der Waals surface area (Å²) in [6.07, 6.45) is 6.60. The van der Waals surface area contributed by atoms with Crippen molar-refractivity contribution < 1.29 is 9.90 Å². The summed E-state index contributed by atoms with van der Waals surface area (Å²) in [6.45, 7) is 10.2. The number of nitrogens with one attached hydrogen (secondary N) is 1. The number of piperidine rings is 1. The maximum atomic E-state index is 11.8. The highest BCUT2D eigenvalue weighted by Crippen LogP contribution is 2.31. The lowest BCUT2D eigenvalue weighted by Gasteiger charge is -2.34. The van der Waals surface area contributed by atoms with Crippen molar-refractivity contribution in [2.45, 2.75) is 59.0 Å². The molecule has 0 aliphatic carbocycles. The third-order valence-electron chi connectivity index (χ3n) is 6.26. The standard InChI is InChI=1S/C24H31N5O2/c1-5-21(23-20-12-17(16(4)30)6-7-22(20)27-24(23)31)26-18-13-25-29(14-18)19-8-10-28(11-9-19)15(2)3/h6-7,12-15,19,27,31H,5,8-11H2,1-4H3. The van der Waals surface area contributed by atoms with E-state index in [0.29, 0.717) is 29.6 Å². The van der Waals surface area contributed by atoms with Gasteiger partial charge >= 0.3 is 0 Å². The van der Waals surface area contributed by atoms with E-state index in [1.54, 1.807) is 19.2 Å². The van der Waals surface area contributed by atoms with Gasteiger partial charge in [0.15, 0.2) is 11.7 Å². The van der Waals surface area contributed by atoms with Crippen LogP contribution in [0.15, 0.2) is 35.6 Å². The summed E-state index contributed by atoms with van der Waals surface area (Å²) < 4.78 is 2.03. The Bertz CT molecular complexity index is 1120. The van der Waals surface area contributed by atoms with Crippen LogP contribution in [0, 0.1) is 0 Å². The molecule has 0 amide bonds. The van der Waals surface area contributed by atoms with Gasteiger partial charge in [-0.05, 0) is 58.2 Å². The molecule has 2 N–H and O–H groups in total. The first-order chi connectivity index (χ1) is 14.9. The number of H-pyrrole nitrogens is 1. The fraction of sp³-hybridized carbons (Fsp3) is 0.458. The number of aromatic hydroxyl groups is 1. The van der Waals surface area contributed by atoms with Gasteiger partial charge in [-0.3, -0.25) is 9.48 Å². The third kappa shape index (κ3) is 4.28. The predicted octanol–water partition coefficient (Wildman–Crippen LogP) is 4.85. The average Bonchev–Trinajstić information content (AvgIpc) is 3.35. The Labute approximate surface area is 182 Å². The highest BCUT2D eigenvalue weighted by atomic mass is 16.3. The summed E-state index contributed by atoms with van der Waals surface area (Å²) in [4.78, 5) is 22.2. The van der Waals surface area contributed by atoms with Crippen molar-refractivity contribution in [3.63, 3.8) is 0 Å². The first-order valence-electron chi connectivity index (χ1n) is 11.1. The first kappa shape index (κ1) is 21.3. The second-order valence-corrected chi connectivity index (χ2v) is 8.62. The molecule has 4 rings (SSSR count). The molecule has 7 nitrogen and oxygen atoms in total. The number of likely N-dealkylation sites (tertiary alicyclic amines) is 1. The molecule has 1 aromatic carbocycles. The second-order valence-electron chi connectivity index (χ2n) is 8.62.